The van der Waals surface area contributed by atoms with Crippen LogP contribution in [-0.4, -0.2) is 36.0 Å². The number of halogens is 3. The minimum absolute atomic E-state index is 0.0570. The van der Waals surface area contributed by atoms with E-state index in [0.717, 1.165) is 5.56 Å². The third-order valence-corrected chi connectivity index (χ3v) is 3.66. The van der Waals surface area contributed by atoms with Crippen molar-refractivity contribution in [3.8, 4) is 0 Å². The number of nitrogens with one attached hydrogen (secondary N) is 1. The molecular weight excluding hydrogens is 349 g/mol. The molecule has 2 rings (SSSR count). The van der Waals surface area contributed by atoms with Gasteiger partial charge in [0.05, 0.1) is 12.8 Å². The lowest BCUT2D eigenvalue weighted by Gasteiger charge is -2.23. The minimum Gasteiger partial charge on any atom is -0.467 e. The molecule has 2 amide bonds. The maximum Gasteiger partial charge on any atom is 0.406 e. The standard InChI is InChI=1S/C18H19F3N2O3/c1-13-5-2-3-7-15(13)17(25)22-9-8-16(24)23(12-18(19,20)21)11-14-6-4-10-26-14/h2-7,10H,8-9,11-12H2,1H3,(H,22,25). The number of carbonyl (C=O) groups excluding carboxylic acids is 2. The zero-order valence-corrected chi connectivity index (χ0v) is 14.2. The summed E-state index contributed by atoms with van der Waals surface area (Å²) in [7, 11) is 0. The van der Waals surface area contributed by atoms with E-state index in [9.17, 15) is 22.8 Å². The molecule has 2 aromatic rings. The van der Waals surface area contributed by atoms with Crippen LogP contribution in [0.25, 0.3) is 0 Å². The highest BCUT2D eigenvalue weighted by atomic mass is 19.4. The number of rotatable bonds is 7. The van der Waals surface area contributed by atoms with Gasteiger partial charge >= 0.3 is 6.18 Å². The summed E-state index contributed by atoms with van der Waals surface area (Å²) in [5.74, 6) is -0.834. The van der Waals surface area contributed by atoms with E-state index >= 15 is 0 Å². The lowest BCUT2D eigenvalue weighted by molar-refractivity contribution is -0.162. The molecule has 0 radical (unpaired) electrons. The van der Waals surface area contributed by atoms with E-state index in [0.29, 0.717) is 10.5 Å². The molecule has 140 valence electrons. The number of alkyl halides is 3. The summed E-state index contributed by atoms with van der Waals surface area (Å²) >= 11 is 0. The number of benzene rings is 1. The maximum absolute atomic E-state index is 12.7. The van der Waals surface area contributed by atoms with Crippen molar-refractivity contribution in [2.45, 2.75) is 26.1 Å². The van der Waals surface area contributed by atoms with E-state index in [1.165, 1.54) is 18.4 Å². The lowest BCUT2D eigenvalue weighted by Crippen LogP contribution is -2.40. The van der Waals surface area contributed by atoms with Crippen LogP contribution in [0.1, 0.15) is 28.1 Å². The highest BCUT2D eigenvalue weighted by molar-refractivity contribution is 5.95. The molecule has 26 heavy (non-hydrogen) atoms. The topological polar surface area (TPSA) is 62.6 Å². The van der Waals surface area contributed by atoms with Crippen LogP contribution in [0.5, 0.6) is 0 Å². The van der Waals surface area contributed by atoms with Crippen LogP contribution in [0.4, 0.5) is 13.2 Å². The zero-order chi connectivity index (χ0) is 19.2. The second-order valence-corrected chi connectivity index (χ2v) is 5.77. The summed E-state index contributed by atoms with van der Waals surface area (Å²) in [5.41, 5.74) is 1.23. The van der Waals surface area contributed by atoms with Gasteiger partial charge in [0, 0.05) is 18.5 Å². The van der Waals surface area contributed by atoms with Crippen LogP contribution < -0.4 is 5.32 Å². The van der Waals surface area contributed by atoms with Crippen molar-refractivity contribution in [2.75, 3.05) is 13.1 Å². The molecule has 0 unspecified atom stereocenters. The maximum atomic E-state index is 12.7. The van der Waals surface area contributed by atoms with Gasteiger partial charge in [-0.25, -0.2) is 0 Å². The number of hydrogen-bond acceptors (Lipinski definition) is 3. The number of amides is 2. The van der Waals surface area contributed by atoms with Crippen molar-refractivity contribution in [1.82, 2.24) is 10.2 Å². The van der Waals surface area contributed by atoms with Crippen LogP contribution in [-0.2, 0) is 11.3 Å². The van der Waals surface area contributed by atoms with Crippen molar-refractivity contribution in [3.63, 3.8) is 0 Å². The van der Waals surface area contributed by atoms with Crippen LogP contribution in [0.2, 0.25) is 0 Å². The minimum atomic E-state index is -4.52. The zero-order valence-electron chi connectivity index (χ0n) is 14.2. The molecule has 0 saturated heterocycles. The quantitative estimate of drug-likeness (QED) is 0.816. The van der Waals surface area contributed by atoms with Crippen molar-refractivity contribution >= 4 is 11.8 Å². The first kappa shape index (κ1) is 19.6. The van der Waals surface area contributed by atoms with Gasteiger partial charge in [0.15, 0.2) is 0 Å². The van der Waals surface area contributed by atoms with E-state index in [1.807, 2.05) is 0 Å². The predicted molar refractivity (Wildman–Crippen MR) is 88.3 cm³/mol. The normalized spacial score (nSPS) is 11.2. The van der Waals surface area contributed by atoms with E-state index in [1.54, 1.807) is 31.2 Å². The summed E-state index contributed by atoms with van der Waals surface area (Å²) in [5, 5.41) is 2.56. The first-order valence-electron chi connectivity index (χ1n) is 7.97. The highest BCUT2D eigenvalue weighted by Gasteiger charge is 2.33. The Labute approximate surface area is 148 Å². The molecule has 0 saturated carbocycles. The first-order chi connectivity index (χ1) is 12.3. The van der Waals surface area contributed by atoms with Crippen LogP contribution in [0, 0.1) is 6.92 Å². The van der Waals surface area contributed by atoms with Crippen molar-refractivity contribution in [2.24, 2.45) is 0 Å². The third kappa shape index (κ3) is 5.94. The molecule has 1 aromatic carbocycles. The van der Waals surface area contributed by atoms with Gasteiger partial charge in [-0.15, -0.1) is 0 Å². The fraction of sp³-hybridized carbons (Fsp3) is 0.333. The smallest absolute Gasteiger partial charge is 0.406 e. The van der Waals surface area contributed by atoms with Crippen LogP contribution in [0.15, 0.2) is 47.1 Å². The number of nitrogens with zero attached hydrogens (tertiary/aromatic N) is 1. The fourth-order valence-corrected chi connectivity index (χ4v) is 2.40. The van der Waals surface area contributed by atoms with Gasteiger partial charge in [0.2, 0.25) is 5.91 Å². The monoisotopic (exact) mass is 368 g/mol. The molecule has 0 bridgehead atoms. The summed E-state index contributed by atoms with van der Waals surface area (Å²) in [6.45, 7) is 0.0579. The first-order valence-corrected chi connectivity index (χ1v) is 7.97. The molecule has 0 aliphatic heterocycles. The number of furan rings is 1. The lowest BCUT2D eigenvalue weighted by atomic mass is 10.1. The Bertz CT molecular complexity index is 742. The average Bonchev–Trinajstić information content (AvgIpc) is 3.06. The van der Waals surface area contributed by atoms with E-state index < -0.39 is 18.6 Å². The predicted octanol–water partition coefficient (Wildman–Crippen LogP) is 3.30. The van der Waals surface area contributed by atoms with Gasteiger partial charge in [-0.1, -0.05) is 18.2 Å². The van der Waals surface area contributed by atoms with Gasteiger partial charge in [0.25, 0.3) is 5.91 Å². The number of carbonyl (C=O) groups is 2. The second-order valence-electron chi connectivity index (χ2n) is 5.77. The number of hydrogen-bond donors (Lipinski definition) is 1. The van der Waals surface area contributed by atoms with E-state index in [2.05, 4.69) is 5.32 Å². The Balaban J connectivity index is 1.92. The molecular formula is C18H19F3N2O3. The average molecular weight is 368 g/mol. The summed E-state index contributed by atoms with van der Waals surface area (Å²) in [6.07, 6.45) is -3.44. The Morgan fingerprint density at radius 3 is 2.50 bits per heavy atom. The van der Waals surface area contributed by atoms with Gasteiger partial charge in [0.1, 0.15) is 12.3 Å². The Kier molecular flexibility index (Phi) is 6.43. The van der Waals surface area contributed by atoms with Crippen LogP contribution in [0.3, 0.4) is 0 Å². The SMILES string of the molecule is Cc1ccccc1C(=O)NCCC(=O)N(Cc1ccco1)CC(F)(F)F. The molecule has 1 N–H and O–H groups in total. The van der Waals surface area contributed by atoms with Gasteiger partial charge < -0.3 is 14.6 Å². The molecule has 0 aliphatic rings. The Morgan fingerprint density at radius 1 is 1.15 bits per heavy atom. The summed E-state index contributed by atoms with van der Waals surface area (Å²) in [6, 6.07) is 9.94. The highest BCUT2D eigenvalue weighted by Crippen LogP contribution is 2.19. The Morgan fingerprint density at radius 2 is 1.88 bits per heavy atom. The molecule has 5 nitrogen and oxygen atoms in total. The molecule has 0 aliphatic carbocycles. The number of aryl methyl sites for hydroxylation is 1. The van der Waals surface area contributed by atoms with E-state index in [4.69, 9.17) is 4.42 Å². The molecule has 0 fully saturated rings. The van der Waals surface area contributed by atoms with Gasteiger partial charge in [-0.2, -0.15) is 13.2 Å². The molecule has 1 aromatic heterocycles. The molecule has 0 spiro atoms. The van der Waals surface area contributed by atoms with Crippen LogP contribution >= 0.6 is 0 Å². The summed E-state index contributed by atoms with van der Waals surface area (Å²) in [4.78, 5) is 24.9. The largest absolute Gasteiger partial charge is 0.467 e. The molecule has 8 heteroatoms. The van der Waals surface area contributed by atoms with E-state index in [-0.39, 0.29) is 31.2 Å². The Hall–Kier alpha value is -2.77. The van der Waals surface area contributed by atoms with Gasteiger partial charge in [-0.3, -0.25) is 9.59 Å². The summed E-state index contributed by atoms with van der Waals surface area (Å²) < 4.78 is 43.2. The third-order valence-electron chi connectivity index (χ3n) is 3.66. The van der Waals surface area contributed by atoms with Crippen molar-refractivity contribution in [1.29, 1.82) is 0 Å². The van der Waals surface area contributed by atoms with Crippen molar-refractivity contribution < 1.29 is 27.2 Å². The van der Waals surface area contributed by atoms with Crippen molar-refractivity contribution in [3.05, 3.63) is 59.5 Å². The fourth-order valence-electron chi connectivity index (χ4n) is 2.40. The molecule has 0 atom stereocenters. The van der Waals surface area contributed by atoms with Gasteiger partial charge in [-0.05, 0) is 30.7 Å². The molecule has 1 heterocycles. The second kappa shape index (κ2) is 8.55.